The fourth-order valence-corrected chi connectivity index (χ4v) is 3.86. The quantitative estimate of drug-likeness (QED) is 0.565. The molecule has 1 saturated carbocycles. The van der Waals surface area contributed by atoms with Gasteiger partial charge in [-0.2, -0.15) is 0 Å². The molecule has 13 heteroatoms. The molecular formula is C21H23F4N3O6. The summed E-state index contributed by atoms with van der Waals surface area (Å²) in [5.74, 6) is -0.323. The molecule has 2 heterocycles. The monoisotopic (exact) mass is 489 g/mol. The highest BCUT2D eigenvalue weighted by molar-refractivity contribution is 5.78. The highest BCUT2D eigenvalue weighted by Gasteiger charge is 2.43. The number of methoxy groups -OCH3 is 1. The van der Waals surface area contributed by atoms with Crippen molar-refractivity contribution in [3.63, 3.8) is 0 Å². The zero-order valence-corrected chi connectivity index (χ0v) is 18.1. The van der Waals surface area contributed by atoms with E-state index in [1.165, 1.54) is 31.4 Å². The number of alkyl halides is 3. The Morgan fingerprint density at radius 2 is 1.85 bits per heavy atom. The first-order valence-electron chi connectivity index (χ1n) is 10.6. The Kier molecular flexibility index (Phi) is 7.33. The molecule has 2 fully saturated rings. The third-order valence-electron chi connectivity index (χ3n) is 5.68. The van der Waals surface area contributed by atoms with Crippen molar-refractivity contribution in [1.29, 1.82) is 0 Å². The lowest BCUT2D eigenvalue weighted by molar-refractivity contribution is -0.352. The van der Waals surface area contributed by atoms with Gasteiger partial charge in [-0.15, -0.1) is 23.4 Å². The molecule has 1 aliphatic carbocycles. The van der Waals surface area contributed by atoms with Crippen molar-refractivity contribution in [2.45, 2.75) is 55.9 Å². The molecule has 0 unspecified atom stereocenters. The van der Waals surface area contributed by atoms with Crippen molar-refractivity contribution in [2.75, 3.05) is 20.3 Å². The molecule has 1 aliphatic heterocycles. The number of carbonyl (C=O) groups excluding carboxylic acids is 1. The van der Waals surface area contributed by atoms with Crippen LogP contribution in [-0.2, 0) is 19.0 Å². The van der Waals surface area contributed by atoms with E-state index >= 15 is 0 Å². The molecule has 0 bridgehead atoms. The van der Waals surface area contributed by atoms with E-state index in [1.54, 1.807) is 0 Å². The van der Waals surface area contributed by atoms with Gasteiger partial charge in [0.1, 0.15) is 17.7 Å². The summed E-state index contributed by atoms with van der Waals surface area (Å²) in [7, 11) is 1.50. The van der Waals surface area contributed by atoms with Crippen molar-refractivity contribution in [3.8, 4) is 5.75 Å². The van der Waals surface area contributed by atoms with E-state index in [-0.39, 0.29) is 43.8 Å². The molecule has 3 atom stereocenters. The summed E-state index contributed by atoms with van der Waals surface area (Å²) in [6.45, 7) is -0.163. The Morgan fingerprint density at radius 1 is 1.15 bits per heavy atom. The summed E-state index contributed by atoms with van der Waals surface area (Å²) in [4.78, 5) is 12.3. The first kappa shape index (κ1) is 24.4. The van der Waals surface area contributed by atoms with Crippen LogP contribution in [0.2, 0.25) is 0 Å². The third-order valence-corrected chi connectivity index (χ3v) is 5.68. The summed E-state index contributed by atoms with van der Waals surface area (Å²) in [5.41, 5.74) is 0. The van der Waals surface area contributed by atoms with Gasteiger partial charge in [0.15, 0.2) is 6.61 Å². The Bertz CT molecular complexity index is 964. The average Bonchev–Trinajstić information content (AvgIpc) is 3.25. The molecule has 1 N–H and O–H groups in total. The summed E-state index contributed by atoms with van der Waals surface area (Å²) in [6, 6.07) is 4.83. The van der Waals surface area contributed by atoms with Crippen LogP contribution in [0, 0.1) is 5.82 Å². The van der Waals surface area contributed by atoms with Gasteiger partial charge in [-0.05, 0) is 37.1 Å². The van der Waals surface area contributed by atoms with E-state index in [4.69, 9.17) is 18.6 Å². The zero-order chi connectivity index (χ0) is 24.3. The summed E-state index contributed by atoms with van der Waals surface area (Å²) >= 11 is 0. The smallest absolute Gasteiger partial charge is 0.484 e. The molecule has 1 aromatic heterocycles. The number of ether oxygens (including phenoxy) is 4. The van der Waals surface area contributed by atoms with Crippen molar-refractivity contribution in [2.24, 2.45) is 0 Å². The Balaban J connectivity index is 1.25. The average molecular weight is 489 g/mol. The van der Waals surface area contributed by atoms with Crippen molar-refractivity contribution in [1.82, 2.24) is 15.5 Å². The molecule has 1 aromatic carbocycles. The van der Waals surface area contributed by atoms with Gasteiger partial charge >= 0.3 is 6.36 Å². The van der Waals surface area contributed by atoms with Crippen molar-refractivity contribution < 1.29 is 45.7 Å². The topological polar surface area (TPSA) is 105 Å². The highest BCUT2D eigenvalue weighted by Crippen LogP contribution is 2.41. The van der Waals surface area contributed by atoms with E-state index in [0.29, 0.717) is 12.2 Å². The number of halogens is 4. The summed E-state index contributed by atoms with van der Waals surface area (Å²) in [6.07, 6.45) is -6.00. The molecule has 186 valence electrons. The van der Waals surface area contributed by atoms with Crippen LogP contribution < -0.4 is 10.1 Å². The van der Waals surface area contributed by atoms with E-state index < -0.39 is 42.4 Å². The number of amides is 1. The maximum atomic E-state index is 12.9. The second-order valence-corrected chi connectivity index (χ2v) is 8.08. The van der Waals surface area contributed by atoms with E-state index in [1.807, 2.05) is 0 Å². The number of aromatic nitrogens is 2. The first-order valence-corrected chi connectivity index (χ1v) is 10.6. The van der Waals surface area contributed by atoms with Gasteiger partial charge < -0.3 is 23.9 Å². The third kappa shape index (κ3) is 6.21. The van der Waals surface area contributed by atoms with Crippen molar-refractivity contribution in [3.05, 3.63) is 41.9 Å². The van der Waals surface area contributed by atoms with Gasteiger partial charge in [0.05, 0.1) is 24.9 Å². The minimum absolute atomic E-state index is 0.105. The number of rotatable bonds is 8. The normalized spacial score (nSPS) is 27.1. The SMILES string of the molecule is CO[C@@H]1C[C@@H](c2nnc(C3CC(OC(F)(F)F)C3)o2)OC[C@@H]1NC(=O)COc1ccc(F)cc1. The number of hydrogen-bond acceptors (Lipinski definition) is 8. The summed E-state index contributed by atoms with van der Waals surface area (Å²) in [5, 5.41) is 10.7. The lowest BCUT2D eigenvalue weighted by Crippen LogP contribution is -2.51. The Labute approximate surface area is 191 Å². The van der Waals surface area contributed by atoms with Crippen LogP contribution in [-0.4, -0.2) is 61.0 Å². The molecule has 0 spiro atoms. The second kappa shape index (κ2) is 10.2. The van der Waals surface area contributed by atoms with E-state index in [0.717, 1.165) is 0 Å². The van der Waals surface area contributed by atoms with E-state index in [9.17, 15) is 22.4 Å². The van der Waals surface area contributed by atoms with Crippen LogP contribution in [0.1, 0.15) is 43.1 Å². The van der Waals surface area contributed by atoms with Gasteiger partial charge in [-0.3, -0.25) is 9.53 Å². The molecule has 0 radical (unpaired) electrons. The lowest BCUT2D eigenvalue weighted by Gasteiger charge is -2.34. The van der Waals surface area contributed by atoms with E-state index in [2.05, 4.69) is 20.3 Å². The number of nitrogens with zero attached hydrogens (tertiary/aromatic N) is 2. The first-order chi connectivity index (χ1) is 16.2. The van der Waals surface area contributed by atoms with Gasteiger partial charge in [0.25, 0.3) is 5.91 Å². The van der Waals surface area contributed by atoms with Crippen LogP contribution >= 0.6 is 0 Å². The lowest BCUT2D eigenvalue weighted by atomic mass is 9.82. The van der Waals surface area contributed by atoms with Gasteiger partial charge in [0, 0.05) is 19.4 Å². The van der Waals surface area contributed by atoms with Gasteiger partial charge in [-0.1, -0.05) is 0 Å². The van der Waals surface area contributed by atoms with Crippen molar-refractivity contribution >= 4 is 5.91 Å². The second-order valence-electron chi connectivity index (χ2n) is 8.08. The largest absolute Gasteiger partial charge is 0.522 e. The Morgan fingerprint density at radius 3 is 2.53 bits per heavy atom. The zero-order valence-electron chi connectivity index (χ0n) is 18.1. The number of benzene rings is 1. The number of hydrogen-bond donors (Lipinski definition) is 1. The molecule has 9 nitrogen and oxygen atoms in total. The minimum Gasteiger partial charge on any atom is -0.484 e. The van der Waals surface area contributed by atoms with Crippen LogP contribution in [0.25, 0.3) is 0 Å². The maximum absolute atomic E-state index is 12.9. The fourth-order valence-electron chi connectivity index (χ4n) is 3.86. The molecule has 4 rings (SSSR count). The fraction of sp³-hybridized carbons (Fsp3) is 0.571. The molecule has 2 aliphatic rings. The predicted molar refractivity (Wildman–Crippen MR) is 105 cm³/mol. The van der Waals surface area contributed by atoms with Crippen LogP contribution in [0.4, 0.5) is 17.6 Å². The highest BCUT2D eigenvalue weighted by atomic mass is 19.4. The maximum Gasteiger partial charge on any atom is 0.522 e. The number of nitrogens with one attached hydrogen (secondary N) is 1. The standard InChI is InChI=1S/C21H23F4N3O6/c1-30-16-8-17(20-28-27-19(33-20)11-6-14(7-11)34-21(23,24)25)32-9-15(16)26-18(29)10-31-13-4-2-12(22)3-5-13/h2-5,11,14-17H,6-10H2,1H3,(H,26,29)/t11?,14?,15-,16+,17-/m0/s1. The van der Waals surface area contributed by atoms with Crippen LogP contribution in [0.15, 0.2) is 28.7 Å². The molecule has 2 aromatic rings. The van der Waals surface area contributed by atoms with Crippen LogP contribution in [0.3, 0.4) is 0 Å². The summed E-state index contributed by atoms with van der Waals surface area (Å²) < 4.78 is 76.0. The molecule has 34 heavy (non-hydrogen) atoms. The van der Waals surface area contributed by atoms with Gasteiger partial charge in [-0.25, -0.2) is 4.39 Å². The minimum atomic E-state index is -4.67. The molecular weight excluding hydrogens is 466 g/mol. The number of carbonyl (C=O) groups is 1. The van der Waals surface area contributed by atoms with Gasteiger partial charge in [0.2, 0.25) is 11.8 Å². The Hall–Kier alpha value is -2.77. The molecule has 1 saturated heterocycles. The molecule has 1 amide bonds. The predicted octanol–water partition coefficient (Wildman–Crippen LogP) is 3.03. The van der Waals surface area contributed by atoms with Crippen LogP contribution in [0.5, 0.6) is 5.75 Å².